The van der Waals surface area contributed by atoms with Crippen molar-refractivity contribution < 1.29 is 19.8 Å². The molecule has 2 aromatic carbocycles. The van der Waals surface area contributed by atoms with Crippen LogP contribution in [0.15, 0.2) is 48.5 Å². The van der Waals surface area contributed by atoms with E-state index in [0.717, 1.165) is 24.0 Å². The van der Waals surface area contributed by atoms with Gasteiger partial charge in [-0.3, -0.25) is 10.6 Å². The Balaban J connectivity index is 1.89. The van der Waals surface area contributed by atoms with Crippen molar-refractivity contribution in [2.75, 3.05) is 10.6 Å². The molecule has 0 fully saturated rings. The molecule has 6 nitrogen and oxygen atoms in total. The molecule has 0 heterocycles. The van der Waals surface area contributed by atoms with Crippen molar-refractivity contribution in [1.29, 1.82) is 0 Å². The van der Waals surface area contributed by atoms with E-state index in [1.807, 2.05) is 24.3 Å². The van der Waals surface area contributed by atoms with Crippen molar-refractivity contribution in [3.05, 3.63) is 59.7 Å². The molecule has 0 saturated carbocycles. The molecule has 4 N–H and O–H groups in total. The van der Waals surface area contributed by atoms with Gasteiger partial charge < -0.3 is 10.2 Å². The van der Waals surface area contributed by atoms with Gasteiger partial charge in [-0.25, -0.2) is 9.59 Å². The smallest absolute Gasteiger partial charge is 0.409 e. The molecule has 2 amide bonds. The van der Waals surface area contributed by atoms with E-state index in [0.29, 0.717) is 11.4 Å². The van der Waals surface area contributed by atoms with Crippen molar-refractivity contribution in [1.82, 2.24) is 0 Å². The summed E-state index contributed by atoms with van der Waals surface area (Å²) >= 11 is 0. The quantitative estimate of drug-likeness (QED) is 0.677. The van der Waals surface area contributed by atoms with E-state index >= 15 is 0 Å². The summed E-state index contributed by atoms with van der Waals surface area (Å²) in [6.45, 7) is 0. The van der Waals surface area contributed by atoms with Gasteiger partial charge in [-0.2, -0.15) is 0 Å². The van der Waals surface area contributed by atoms with E-state index < -0.39 is 12.2 Å². The average molecular weight is 300 g/mol. The summed E-state index contributed by atoms with van der Waals surface area (Å²) in [7, 11) is 0. The van der Waals surface area contributed by atoms with Crippen molar-refractivity contribution in [3.63, 3.8) is 0 Å². The van der Waals surface area contributed by atoms with Crippen LogP contribution in [0.2, 0.25) is 0 Å². The summed E-state index contributed by atoms with van der Waals surface area (Å²) in [5, 5.41) is 21.8. The van der Waals surface area contributed by atoms with Crippen LogP contribution in [0.1, 0.15) is 11.1 Å². The number of carboxylic acid groups (broad SMARTS) is 2. The summed E-state index contributed by atoms with van der Waals surface area (Å²) in [5.41, 5.74) is 3.29. The Morgan fingerprint density at radius 2 is 1.00 bits per heavy atom. The zero-order valence-electron chi connectivity index (χ0n) is 11.7. The largest absolute Gasteiger partial charge is 0.465 e. The highest BCUT2D eigenvalue weighted by molar-refractivity contribution is 5.83. The predicted octanol–water partition coefficient (Wildman–Crippen LogP) is 3.65. The van der Waals surface area contributed by atoms with Gasteiger partial charge in [0.05, 0.1) is 0 Å². The second-order valence-corrected chi connectivity index (χ2v) is 4.75. The molecular formula is C16H16N2O4. The molecular weight excluding hydrogens is 284 g/mol. The number of nitrogens with one attached hydrogen (secondary N) is 2. The topological polar surface area (TPSA) is 98.7 Å². The summed E-state index contributed by atoms with van der Waals surface area (Å²) in [6.07, 6.45) is -0.524. The number of benzene rings is 2. The maximum Gasteiger partial charge on any atom is 0.409 e. The highest BCUT2D eigenvalue weighted by atomic mass is 16.4. The summed E-state index contributed by atoms with van der Waals surface area (Å²) in [6, 6.07) is 14.4. The molecule has 0 aliphatic heterocycles. The molecule has 0 aliphatic carbocycles. The SMILES string of the molecule is O=C(O)Nc1ccc(CCc2ccc(NC(=O)O)cc2)cc1. The molecule has 114 valence electrons. The van der Waals surface area contributed by atoms with E-state index in [1.54, 1.807) is 24.3 Å². The Kier molecular flexibility index (Phi) is 4.98. The summed E-state index contributed by atoms with van der Waals surface area (Å²) in [4.78, 5) is 21.0. The number of anilines is 2. The van der Waals surface area contributed by atoms with Crippen LogP contribution in [0.25, 0.3) is 0 Å². The Hall–Kier alpha value is -3.02. The van der Waals surface area contributed by atoms with Crippen LogP contribution in [0.4, 0.5) is 21.0 Å². The minimum Gasteiger partial charge on any atom is -0.465 e. The molecule has 2 aromatic rings. The first-order valence-corrected chi connectivity index (χ1v) is 6.71. The highest BCUT2D eigenvalue weighted by Gasteiger charge is 2.01. The first kappa shape index (κ1) is 15.4. The van der Waals surface area contributed by atoms with E-state index in [-0.39, 0.29) is 0 Å². The number of amides is 2. The first-order chi connectivity index (χ1) is 10.5. The molecule has 0 aliphatic rings. The van der Waals surface area contributed by atoms with Crippen molar-refractivity contribution >= 4 is 23.6 Å². The molecule has 22 heavy (non-hydrogen) atoms. The standard InChI is InChI=1S/C16H16N2O4/c19-15(20)17-13-7-3-11(4-8-13)1-2-12-5-9-14(10-6-12)18-16(21)22/h3-10,17-18H,1-2H2,(H,19,20)(H,21,22). The highest BCUT2D eigenvalue weighted by Crippen LogP contribution is 2.14. The third-order valence-electron chi connectivity index (χ3n) is 3.11. The van der Waals surface area contributed by atoms with Crippen LogP contribution in [0.5, 0.6) is 0 Å². The van der Waals surface area contributed by atoms with Gasteiger partial charge in [0.2, 0.25) is 0 Å². The lowest BCUT2D eigenvalue weighted by Gasteiger charge is -2.06. The molecule has 0 unspecified atom stereocenters. The third-order valence-corrected chi connectivity index (χ3v) is 3.11. The van der Waals surface area contributed by atoms with Gasteiger partial charge in [0, 0.05) is 11.4 Å². The number of hydrogen-bond donors (Lipinski definition) is 4. The van der Waals surface area contributed by atoms with Crippen LogP contribution in [-0.4, -0.2) is 22.4 Å². The Labute approximate surface area is 127 Å². The van der Waals surface area contributed by atoms with Crippen molar-refractivity contribution in [2.24, 2.45) is 0 Å². The zero-order chi connectivity index (χ0) is 15.9. The molecule has 0 aromatic heterocycles. The Morgan fingerprint density at radius 3 is 1.27 bits per heavy atom. The zero-order valence-corrected chi connectivity index (χ0v) is 11.7. The maximum atomic E-state index is 10.5. The first-order valence-electron chi connectivity index (χ1n) is 6.71. The maximum absolute atomic E-state index is 10.5. The summed E-state index contributed by atoms with van der Waals surface area (Å²) < 4.78 is 0. The molecule has 0 saturated heterocycles. The second kappa shape index (κ2) is 7.12. The lowest BCUT2D eigenvalue weighted by atomic mass is 10.0. The molecule has 0 atom stereocenters. The fraction of sp³-hybridized carbons (Fsp3) is 0.125. The van der Waals surface area contributed by atoms with Gasteiger partial charge in [-0.05, 0) is 48.2 Å². The van der Waals surface area contributed by atoms with Gasteiger partial charge in [-0.15, -0.1) is 0 Å². The normalized spacial score (nSPS) is 10.0. The van der Waals surface area contributed by atoms with Crippen LogP contribution < -0.4 is 10.6 Å². The molecule has 2 rings (SSSR count). The average Bonchev–Trinajstić information content (AvgIpc) is 2.47. The van der Waals surface area contributed by atoms with Gasteiger partial charge >= 0.3 is 12.2 Å². The fourth-order valence-electron chi connectivity index (χ4n) is 2.05. The summed E-state index contributed by atoms with van der Waals surface area (Å²) in [5.74, 6) is 0. The van der Waals surface area contributed by atoms with E-state index in [4.69, 9.17) is 10.2 Å². The van der Waals surface area contributed by atoms with Crippen LogP contribution in [0, 0.1) is 0 Å². The lowest BCUT2D eigenvalue weighted by Crippen LogP contribution is -2.07. The Bertz CT molecular complexity index is 591. The van der Waals surface area contributed by atoms with Crippen LogP contribution in [0.3, 0.4) is 0 Å². The second-order valence-electron chi connectivity index (χ2n) is 4.75. The van der Waals surface area contributed by atoms with E-state index in [2.05, 4.69) is 10.6 Å². The van der Waals surface area contributed by atoms with Crippen molar-refractivity contribution in [3.8, 4) is 0 Å². The molecule has 6 heteroatoms. The number of rotatable bonds is 5. The number of carbonyl (C=O) groups is 2. The molecule has 0 bridgehead atoms. The van der Waals surface area contributed by atoms with Gasteiger partial charge in [0.25, 0.3) is 0 Å². The number of aryl methyl sites for hydroxylation is 2. The molecule has 0 spiro atoms. The van der Waals surface area contributed by atoms with Gasteiger partial charge in [-0.1, -0.05) is 24.3 Å². The molecule has 0 radical (unpaired) electrons. The van der Waals surface area contributed by atoms with Gasteiger partial charge in [0.1, 0.15) is 0 Å². The van der Waals surface area contributed by atoms with Gasteiger partial charge in [0.15, 0.2) is 0 Å². The minimum atomic E-state index is -1.08. The van der Waals surface area contributed by atoms with Crippen LogP contribution in [-0.2, 0) is 12.8 Å². The van der Waals surface area contributed by atoms with Crippen LogP contribution >= 0.6 is 0 Å². The third kappa shape index (κ3) is 4.82. The van der Waals surface area contributed by atoms with E-state index in [1.165, 1.54) is 0 Å². The predicted molar refractivity (Wildman–Crippen MR) is 83.6 cm³/mol. The Morgan fingerprint density at radius 1 is 0.682 bits per heavy atom. The lowest BCUT2D eigenvalue weighted by molar-refractivity contribution is 0.208. The van der Waals surface area contributed by atoms with E-state index in [9.17, 15) is 9.59 Å². The fourth-order valence-corrected chi connectivity index (χ4v) is 2.05. The van der Waals surface area contributed by atoms with Crippen molar-refractivity contribution in [2.45, 2.75) is 12.8 Å². The monoisotopic (exact) mass is 300 g/mol. The minimum absolute atomic E-state index is 0.542. The number of hydrogen-bond acceptors (Lipinski definition) is 2.